The van der Waals surface area contributed by atoms with E-state index in [0.29, 0.717) is 18.4 Å². The first-order valence-electron chi connectivity index (χ1n) is 8.43. The molecule has 1 aliphatic heterocycles. The number of rotatable bonds is 4. The van der Waals surface area contributed by atoms with Crippen molar-refractivity contribution < 1.29 is 4.52 Å². The van der Waals surface area contributed by atoms with E-state index in [1.54, 1.807) is 6.33 Å². The van der Waals surface area contributed by atoms with Gasteiger partial charge in [0.15, 0.2) is 11.7 Å². The van der Waals surface area contributed by atoms with Gasteiger partial charge in [-0.15, -0.1) is 24.0 Å². The van der Waals surface area contributed by atoms with Gasteiger partial charge >= 0.3 is 0 Å². The first kappa shape index (κ1) is 19.7. The van der Waals surface area contributed by atoms with Gasteiger partial charge in [0.2, 0.25) is 0 Å². The zero-order chi connectivity index (χ0) is 16.9. The predicted octanol–water partition coefficient (Wildman–Crippen LogP) is 2.49. The van der Waals surface area contributed by atoms with Crippen molar-refractivity contribution in [3.63, 3.8) is 0 Å². The number of H-pyrrole nitrogens is 1. The number of aromatic amines is 1. The van der Waals surface area contributed by atoms with Crippen molar-refractivity contribution in [2.45, 2.75) is 45.1 Å². The normalized spacial score (nSPS) is 16.2. The molecule has 0 saturated carbocycles. The number of nitrogens with zero attached hydrogens (tertiary/aromatic N) is 5. The minimum Gasteiger partial charge on any atom is -0.359 e. The maximum Gasteiger partial charge on any atom is 0.194 e. The van der Waals surface area contributed by atoms with Crippen LogP contribution in [0.3, 0.4) is 0 Å². The Bertz CT molecular complexity index is 660. The zero-order valence-corrected chi connectivity index (χ0v) is 17.2. The van der Waals surface area contributed by atoms with Gasteiger partial charge in [0.05, 0.1) is 12.2 Å². The molecule has 1 saturated heterocycles. The molecule has 0 aliphatic carbocycles. The van der Waals surface area contributed by atoms with Crippen LogP contribution in [-0.4, -0.2) is 51.3 Å². The summed E-state index contributed by atoms with van der Waals surface area (Å²) in [5.41, 5.74) is 0.981. The van der Waals surface area contributed by atoms with Crippen LogP contribution in [0.5, 0.6) is 0 Å². The molecule has 0 aromatic carbocycles. The first-order valence-corrected chi connectivity index (χ1v) is 8.43. The smallest absolute Gasteiger partial charge is 0.194 e. The minimum atomic E-state index is 0. The number of halogens is 1. The number of hydrogen-bond donors (Lipinski definition) is 2. The van der Waals surface area contributed by atoms with Crippen LogP contribution in [0, 0.1) is 0 Å². The van der Waals surface area contributed by atoms with Gasteiger partial charge < -0.3 is 14.7 Å². The van der Waals surface area contributed by atoms with E-state index in [2.05, 4.69) is 49.4 Å². The summed E-state index contributed by atoms with van der Waals surface area (Å²) in [6.07, 6.45) is 3.65. The summed E-state index contributed by atoms with van der Waals surface area (Å²) >= 11 is 0. The molecule has 0 spiro atoms. The monoisotopic (exact) mass is 459 g/mol. The van der Waals surface area contributed by atoms with E-state index in [9.17, 15) is 0 Å². The quantitative estimate of drug-likeness (QED) is 0.415. The lowest BCUT2D eigenvalue weighted by Crippen LogP contribution is -2.45. The molecular weight excluding hydrogens is 433 g/mol. The highest BCUT2D eigenvalue weighted by Gasteiger charge is 2.24. The Morgan fingerprint density at radius 1 is 1.44 bits per heavy atom. The van der Waals surface area contributed by atoms with Crippen molar-refractivity contribution in [1.29, 1.82) is 0 Å². The molecule has 0 atom stereocenters. The van der Waals surface area contributed by atoms with Gasteiger partial charge in [-0.1, -0.05) is 19.0 Å². The maximum absolute atomic E-state index is 5.37. The topological polar surface area (TPSA) is 95.2 Å². The third-order valence-electron chi connectivity index (χ3n) is 4.42. The van der Waals surface area contributed by atoms with Crippen molar-refractivity contribution >= 4 is 29.9 Å². The number of hydrogen-bond acceptors (Lipinski definition) is 5. The van der Waals surface area contributed by atoms with Gasteiger partial charge in [0.1, 0.15) is 12.2 Å². The van der Waals surface area contributed by atoms with Gasteiger partial charge in [0, 0.05) is 32.1 Å². The largest absolute Gasteiger partial charge is 0.359 e. The van der Waals surface area contributed by atoms with Crippen LogP contribution >= 0.6 is 24.0 Å². The van der Waals surface area contributed by atoms with Gasteiger partial charge in [-0.05, 0) is 18.8 Å². The highest BCUT2D eigenvalue weighted by atomic mass is 127. The van der Waals surface area contributed by atoms with Crippen LogP contribution in [0.25, 0.3) is 0 Å². The summed E-state index contributed by atoms with van der Waals surface area (Å²) in [5, 5.41) is 14.4. The molecule has 3 heterocycles. The zero-order valence-electron chi connectivity index (χ0n) is 14.9. The molecule has 138 valence electrons. The molecule has 9 heteroatoms. The fraction of sp³-hybridized carbons (Fsp3) is 0.625. The number of aliphatic imine (C=N–C) groups is 1. The summed E-state index contributed by atoms with van der Waals surface area (Å²) in [7, 11) is 1.81. The van der Waals surface area contributed by atoms with Gasteiger partial charge in [0.25, 0.3) is 0 Å². The molecule has 0 bridgehead atoms. The van der Waals surface area contributed by atoms with E-state index >= 15 is 0 Å². The van der Waals surface area contributed by atoms with E-state index in [1.807, 2.05) is 13.1 Å². The molecule has 2 aromatic heterocycles. The Morgan fingerprint density at radius 3 is 2.76 bits per heavy atom. The molecule has 2 aromatic rings. The number of likely N-dealkylation sites (tertiary alicyclic amines) is 1. The van der Waals surface area contributed by atoms with Gasteiger partial charge in [-0.25, -0.2) is 4.98 Å². The predicted molar refractivity (Wildman–Crippen MR) is 106 cm³/mol. The summed E-state index contributed by atoms with van der Waals surface area (Å²) in [5.74, 6) is 3.53. The van der Waals surface area contributed by atoms with E-state index in [1.165, 1.54) is 0 Å². The number of piperidine rings is 1. The molecule has 0 unspecified atom stereocenters. The first-order chi connectivity index (χ1) is 11.7. The van der Waals surface area contributed by atoms with E-state index < -0.39 is 0 Å². The second-order valence-electron chi connectivity index (χ2n) is 6.41. The van der Waals surface area contributed by atoms with Crippen LogP contribution in [0.4, 0.5) is 0 Å². The van der Waals surface area contributed by atoms with Crippen molar-refractivity contribution in [2.75, 3.05) is 20.1 Å². The van der Waals surface area contributed by atoms with Crippen molar-refractivity contribution in [3.8, 4) is 0 Å². The SMILES string of the molecule is CN=C(NCc1cc(C(C)C)no1)N1CCC(c2ncn[nH]2)CC1.I. The van der Waals surface area contributed by atoms with Crippen LogP contribution in [0.15, 0.2) is 21.9 Å². The second-order valence-corrected chi connectivity index (χ2v) is 6.41. The molecule has 2 N–H and O–H groups in total. The molecule has 25 heavy (non-hydrogen) atoms. The molecule has 1 aliphatic rings. The van der Waals surface area contributed by atoms with Crippen LogP contribution < -0.4 is 5.32 Å². The van der Waals surface area contributed by atoms with Crippen LogP contribution in [0.2, 0.25) is 0 Å². The van der Waals surface area contributed by atoms with Crippen LogP contribution in [-0.2, 0) is 6.54 Å². The average molecular weight is 459 g/mol. The maximum atomic E-state index is 5.37. The molecule has 0 amide bonds. The fourth-order valence-corrected chi connectivity index (χ4v) is 2.96. The molecule has 8 nitrogen and oxygen atoms in total. The fourth-order valence-electron chi connectivity index (χ4n) is 2.96. The lowest BCUT2D eigenvalue weighted by Gasteiger charge is -2.33. The second kappa shape index (κ2) is 9.16. The van der Waals surface area contributed by atoms with E-state index in [0.717, 1.165) is 49.2 Å². The van der Waals surface area contributed by atoms with E-state index in [4.69, 9.17) is 4.52 Å². The third kappa shape index (κ3) is 4.93. The van der Waals surface area contributed by atoms with Gasteiger partial charge in [-0.2, -0.15) is 5.10 Å². The summed E-state index contributed by atoms with van der Waals surface area (Å²) in [6, 6.07) is 2.00. The number of guanidine groups is 1. The number of aromatic nitrogens is 4. The van der Waals surface area contributed by atoms with Crippen LogP contribution in [0.1, 0.15) is 55.8 Å². The van der Waals surface area contributed by atoms with Crippen molar-refractivity contribution in [2.24, 2.45) is 4.99 Å². The molecule has 1 fully saturated rings. The summed E-state index contributed by atoms with van der Waals surface area (Å²) < 4.78 is 5.37. The Hall–Kier alpha value is -1.65. The lowest BCUT2D eigenvalue weighted by atomic mass is 9.96. The Morgan fingerprint density at radius 2 is 2.20 bits per heavy atom. The summed E-state index contributed by atoms with van der Waals surface area (Å²) in [4.78, 5) is 10.9. The average Bonchev–Trinajstić information content (AvgIpc) is 3.28. The minimum absolute atomic E-state index is 0. The number of nitrogens with one attached hydrogen (secondary N) is 2. The highest BCUT2D eigenvalue weighted by molar-refractivity contribution is 14.0. The Labute approximate surface area is 164 Å². The Balaban J connectivity index is 0.00000225. The molecule has 3 rings (SSSR count). The molecular formula is C16H26IN7O. The summed E-state index contributed by atoms with van der Waals surface area (Å²) in [6.45, 7) is 6.69. The highest BCUT2D eigenvalue weighted by Crippen LogP contribution is 2.25. The lowest BCUT2D eigenvalue weighted by molar-refractivity contribution is 0.296. The molecule has 0 radical (unpaired) electrons. The van der Waals surface area contributed by atoms with E-state index in [-0.39, 0.29) is 24.0 Å². The third-order valence-corrected chi connectivity index (χ3v) is 4.42. The Kier molecular flexibility index (Phi) is 7.21. The van der Waals surface area contributed by atoms with Crippen molar-refractivity contribution in [1.82, 2.24) is 30.6 Å². The van der Waals surface area contributed by atoms with Crippen molar-refractivity contribution in [3.05, 3.63) is 29.7 Å². The standard InChI is InChI=1S/C16H25N7O.HI/c1-11(2)14-8-13(24-22-14)9-18-16(17-3)23-6-4-12(5-7-23)15-19-10-20-21-15;/h8,10-12H,4-7,9H2,1-3H3,(H,17,18)(H,19,20,21);1H. The van der Waals surface area contributed by atoms with Gasteiger partial charge in [-0.3, -0.25) is 10.1 Å².